The van der Waals surface area contributed by atoms with Gasteiger partial charge in [-0.25, -0.2) is 4.39 Å². The van der Waals surface area contributed by atoms with E-state index in [9.17, 15) is 19.1 Å². The van der Waals surface area contributed by atoms with Crippen molar-refractivity contribution in [2.45, 2.75) is 25.0 Å². The number of nitrogens with zero attached hydrogens (tertiary/aromatic N) is 1. The molecule has 0 bridgehead atoms. The Kier molecular flexibility index (Phi) is 4.11. The van der Waals surface area contributed by atoms with Gasteiger partial charge in [-0.3, -0.25) is 9.59 Å². The smallest absolute Gasteiger partial charge is 0.309 e. The summed E-state index contributed by atoms with van der Waals surface area (Å²) in [6.07, 6.45) is -0.0538. The molecule has 0 radical (unpaired) electrons. The molecule has 0 spiro atoms. The molecule has 5 nitrogen and oxygen atoms in total. The predicted octanol–water partition coefficient (Wildman–Crippen LogP) is 2.80. The van der Waals surface area contributed by atoms with Gasteiger partial charge in [0.1, 0.15) is 11.6 Å². The first kappa shape index (κ1) is 16.6. The highest BCUT2D eigenvalue weighted by molar-refractivity contribution is 5.85. The van der Waals surface area contributed by atoms with Gasteiger partial charge in [0.2, 0.25) is 0 Å². The molecule has 134 valence electrons. The SMILES string of the molecule is O=C(O)[C@@H]1CCN(C(=O)C2Cc3cc(F)ccc3O2)[C@@H]1c1ccccc1. The van der Waals surface area contributed by atoms with Crippen molar-refractivity contribution >= 4 is 11.9 Å². The van der Waals surface area contributed by atoms with Crippen molar-refractivity contribution in [1.82, 2.24) is 4.90 Å². The molecule has 2 aromatic rings. The van der Waals surface area contributed by atoms with Gasteiger partial charge in [0.15, 0.2) is 6.10 Å². The Hall–Kier alpha value is -2.89. The second kappa shape index (κ2) is 6.44. The Morgan fingerprint density at radius 1 is 1.15 bits per heavy atom. The van der Waals surface area contributed by atoms with Crippen LogP contribution in [0.4, 0.5) is 4.39 Å². The number of carbonyl (C=O) groups excluding carboxylic acids is 1. The predicted molar refractivity (Wildman–Crippen MR) is 91.2 cm³/mol. The number of aliphatic carboxylic acids is 1. The molecule has 1 unspecified atom stereocenters. The number of fused-ring (bicyclic) bond motifs is 1. The minimum atomic E-state index is -0.910. The molecular formula is C20H18FNO4. The van der Waals surface area contributed by atoms with Crippen molar-refractivity contribution in [3.8, 4) is 5.75 Å². The van der Waals surface area contributed by atoms with Crippen molar-refractivity contribution < 1.29 is 23.8 Å². The molecule has 2 aliphatic heterocycles. The first-order chi connectivity index (χ1) is 12.5. The van der Waals surface area contributed by atoms with Gasteiger partial charge >= 0.3 is 5.97 Å². The van der Waals surface area contributed by atoms with Crippen molar-refractivity contribution in [2.75, 3.05) is 6.54 Å². The van der Waals surface area contributed by atoms with Crippen LogP contribution in [-0.2, 0) is 16.0 Å². The lowest BCUT2D eigenvalue weighted by Gasteiger charge is -2.29. The normalized spacial score (nSPS) is 24.2. The summed E-state index contributed by atoms with van der Waals surface area (Å²) < 4.78 is 19.1. The van der Waals surface area contributed by atoms with E-state index in [-0.39, 0.29) is 11.7 Å². The lowest BCUT2D eigenvalue weighted by molar-refractivity contribution is -0.145. The fraction of sp³-hybridized carbons (Fsp3) is 0.300. The Morgan fingerprint density at radius 2 is 1.92 bits per heavy atom. The van der Waals surface area contributed by atoms with Crippen molar-refractivity contribution in [2.24, 2.45) is 5.92 Å². The molecule has 0 aliphatic carbocycles. The summed E-state index contributed by atoms with van der Waals surface area (Å²) in [7, 11) is 0. The highest BCUT2D eigenvalue weighted by Crippen LogP contribution is 2.39. The molecule has 2 heterocycles. The van der Waals surface area contributed by atoms with E-state index >= 15 is 0 Å². The van der Waals surface area contributed by atoms with Gasteiger partial charge in [-0.05, 0) is 30.2 Å². The van der Waals surface area contributed by atoms with E-state index in [4.69, 9.17) is 4.74 Å². The Balaban J connectivity index is 1.60. The van der Waals surface area contributed by atoms with E-state index in [1.54, 1.807) is 4.90 Å². The number of rotatable bonds is 3. The van der Waals surface area contributed by atoms with Gasteiger partial charge < -0.3 is 14.7 Å². The van der Waals surface area contributed by atoms with E-state index in [0.717, 1.165) is 5.56 Å². The number of carbonyl (C=O) groups is 2. The Labute approximate surface area is 150 Å². The Morgan fingerprint density at radius 3 is 2.65 bits per heavy atom. The highest BCUT2D eigenvalue weighted by atomic mass is 19.1. The summed E-state index contributed by atoms with van der Waals surface area (Å²) in [5.41, 5.74) is 1.46. The molecule has 2 aliphatic rings. The number of hydrogen-bond acceptors (Lipinski definition) is 3. The topological polar surface area (TPSA) is 66.8 Å². The van der Waals surface area contributed by atoms with Crippen LogP contribution in [0, 0.1) is 11.7 Å². The zero-order valence-electron chi connectivity index (χ0n) is 14.0. The summed E-state index contributed by atoms with van der Waals surface area (Å²) in [6, 6.07) is 12.9. The standard InChI is InChI=1S/C20H18FNO4/c21-14-6-7-16-13(10-14)11-17(26-16)19(23)22-9-8-15(20(24)25)18(22)12-4-2-1-3-5-12/h1-7,10,15,17-18H,8-9,11H2,(H,24,25)/t15-,17?,18-/m1/s1. The number of ether oxygens (including phenoxy) is 1. The fourth-order valence-electron chi connectivity index (χ4n) is 3.90. The number of likely N-dealkylation sites (tertiary alicyclic amines) is 1. The third-order valence-corrected chi connectivity index (χ3v) is 5.11. The molecule has 1 N–H and O–H groups in total. The van der Waals surface area contributed by atoms with Crippen LogP contribution in [0.3, 0.4) is 0 Å². The lowest BCUT2D eigenvalue weighted by Crippen LogP contribution is -2.42. The molecule has 4 rings (SSSR count). The second-order valence-electron chi connectivity index (χ2n) is 6.68. The van der Waals surface area contributed by atoms with Gasteiger partial charge in [0.05, 0.1) is 12.0 Å². The molecule has 1 fully saturated rings. The number of amides is 1. The molecule has 3 atom stereocenters. The molecule has 2 aromatic carbocycles. The number of hydrogen-bond donors (Lipinski definition) is 1. The van der Waals surface area contributed by atoms with Gasteiger partial charge in [-0.1, -0.05) is 30.3 Å². The van der Waals surface area contributed by atoms with Crippen molar-refractivity contribution in [1.29, 1.82) is 0 Å². The van der Waals surface area contributed by atoms with Crippen LogP contribution in [0.5, 0.6) is 5.75 Å². The molecular weight excluding hydrogens is 337 g/mol. The van der Waals surface area contributed by atoms with E-state index < -0.39 is 24.0 Å². The first-order valence-electron chi connectivity index (χ1n) is 8.58. The second-order valence-corrected chi connectivity index (χ2v) is 6.68. The zero-order chi connectivity index (χ0) is 18.3. The molecule has 1 saturated heterocycles. The van der Waals surface area contributed by atoms with Crippen LogP contribution < -0.4 is 4.74 Å². The van der Waals surface area contributed by atoms with Crippen LogP contribution >= 0.6 is 0 Å². The van der Waals surface area contributed by atoms with Gasteiger partial charge in [0, 0.05) is 18.5 Å². The third-order valence-electron chi connectivity index (χ3n) is 5.11. The van der Waals surface area contributed by atoms with E-state index in [2.05, 4.69) is 0 Å². The fourth-order valence-corrected chi connectivity index (χ4v) is 3.90. The number of carboxylic acids is 1. The van der Waals surface area contributed by atoms with Crippen LogP contribution in [0.25, 0.3) is 0 Å². The highest BCUT2D eigenvalue weighted by Gasteiger charge is 2.45. The molecule has 1 amide bonds. The van der Waals surface area contributed by atoms with Crippen molar-refractivity contribution in [3.05, 3.63) is 65.5 Å². The maximum Gasteiger partial charge on any atom is 0.309 e. The maximum atomic E-state index is 13.4. The van der Waals surface area contributed by atoms with E-state index in [1.807, 2.05) is 30.3 Å². The van der Waals surface area contributed by atoms with Gasteiger partial charge in [-0.2, -0.15) is 0 Å². The maximum absolute atomic E-state index is 13.4. The lowest BCUT2D eigenvalue weighted by atomic mass is 9.93. The average molecular weight is 355 g/mol. The molecule has 0 aromatic heterocycles. The largest absolute Gasteiger partial charge is 0.481 e. The summed E-state index contributed by atoms with van der Waals surface area (Å²) in [6.45, 7) is 0.361. The van der Waals surface area contributed by atoms with E-state index in [0.29, 0.717) is 30.7 Å². The summed E-state index contributed by atoms with van der Waals surface area (Å²) in [5, 5.41) is 9.57. The molecule has 6 heteroatoms. The third kappa shape index (κ3) is 2.81. The van der Waals surface area contributed by atoms with Crippen LogP contribution in [0.1, 0.15) is 23.6 Å². The van der Waals surface area contributed by atoms with Crippen molar-refractivity contribution in [3.63, 3.8) is 0 Å². The van der Waals surface area contributed by atoms with Crippen LogP contribution in [-0.4, -0.2) is 34.5 Å². The Bertz CT molecular complexity index is 854. The molecule has 0 saturated carbocycles. The number of halogens is 1. The van der Waals surface area contributed by atoms with Crippen LogP contribution in [0.15, 0.2) is 48.5 Å². The zero-order valence-corrected chi connectivity index (χ0v) is 14.0. The molecule has 26 heavy (non-hydrogen) atoms. The first-order valence-corrected chi connectivity index (χ1v) is 8.58. The summed E-state index contributed by atoms with van der Waals surface area (Å²) in [5.74, 6) is -1.67. The van der Waals surface area contributed by atoms with Gasteiger partial charge in [-0.15, -0.1) is 0 Å². The summed E-state index contributed by atoms with van der Waals surface area (Å²) >= 11 is 0. The van der Waals surface area contributed by atoms with E-state index in [1.165, 1.54) is 18.2 Å². The number of carboxylic acid groups (broad SMARTS) is 1. The minimum Gasteiger partial charge on any atom is -0.481 e. The average Bonchev–Trinajstić information content (AvgIpc) is 3.25. The summed E-state index contributed by atoms with van der Waals surface area (Å²) in [4.78, 5) is 26.3. The van der Waals surface area contributed by atoms with Crippen LogP contribution in [0.2, 0.25) is 0 Å². The number of benzene rings is 2. The van der Waals surface area contributed by atoms with Gasteiger partial charge in [0.25, 0.3) is 5.91 Å². The minimum absolute atomic E-state index is 0.251. The monoisotopic (exact) mass is 355 g/mol. The quantitative estimate of drug-likeness (QED) is 0.919.